The SMILES string of the molecule is Cc1cc(Nc2ccnc(COCN3CCCC3c3cc(C4CC4)no3)n2)n[nH]1. The topological polar surface area (TPSA) is 105 Å². The van der Waals surface area contributed by atoms with Gasteiger partial charge in [-0.05, 0) is 38.7 Å². The van der Waals surface area contributed by atoms with Gasteiger partial charge in [0.25, 0.3) is 0 Å². The van der Waals surface area contributed by atoms with E-state index in [4.69, 9.17) is 9.26 Å². The Morgan fingerprint density at radius 2 is 2.21 bits per heavy atom. The number of aryl methyl sites for hydroxylation is 1. The van der Waals surface area contributed by atoms with E-state index in [0.717, 1.165) is 42.4 Å². The number of nitrogens with one attached hydrogen (secondary N) is 2. The highest BCUT2D eigenvalue weighted by atomic mass is 16.5. The Labute approximate surface area is 168 Å². The number of aromatic amines is 1. The molecule has 1 unspecified atom stereocenters. The average molecular weight is 395 g/mol. The molecule has 9 heteroatoms. The zero-order valence-electron chi connectivity index (χ0n) is 16.5. The molecular weight excluding hydrogens is 370 g/mol. The molecule has 2 N–H and O–H groups in total. The van der Waals surface area contributed by atoms with Crippen LogP contribution in [0.2, 0.25) is 0 Å². The van der Waals surface area contributed by atoms with Crippen LogP contribution in [0.3, 0.4) is 0 Å². The van der Waals surface area contributed by atoms with E-state index in [1.165, 1.54) is 12.8 Å². The zero-order chi connectivity index (χ0) is 19.6. The average Bonchev–Trinajstić information content (AvgIpc) is 3.09. The van der Waals surface area contributed by atoms with Crippen LogP contribution < -0.4 is 5.32 Å². The number of anilines is 2. The van der Waals surface area contributed by atoms with Gasteiger partial charge in [-0.1, -0.05) is 5.16 Å². The zero-order valence-corrected chi connectivity index (χ0v) is 16.5. The standard InChI is InChI=1S/C20H25N7O2/c1-13-9-19(25-24-13)22-18-6-7-21-20(23-18)11-28-12-27-8-2-3-16(27)17-10-15(26-29-17)14-4-5-14/h6-7,9-10,14,16H,2-5,8,11-12H2,1H3,(H2,21,22,23,24,25). The van der Waals surface area contributed by atoms with Crippen LogP contribution in [0.4, 0.5) is 11.6 Å². The smallest absolute Gasteiger partial charge is 0.156 e. The van der Waals surface area contributed by atoms with Crippen LogP contribution in [0.1, 0.15) is 60.6 Å². The Bertz CT molecular complexity index is 965. The molecule has 4 heterocycles. The lowest BCUT2D eigenvalue weighted by molar-refractivity contribution is 0.00419. The molecule has 1 atom stereocenters. The highest BCUT2D eigenvalue weighted by Gasteiger charge is 2.32. The summed E-state index contributed by atoms with van der Waals surface area (Å²) in [5.41, 5.74) is 2.10. The number of hydrogen-bond acceptors (Lipinski definition) is 8. The molecule has 0 radical (unpaired) electrons. The third-order valence-electron chi connectivity index (χ3n) is 5.39. The first kappa shape index (κ1) is 18.3. The van der Waals surface area contributed by atoms with Gasteiger partial charge >= 0.3 is 0 Å². The maximum absolute atomic E-state index is 5.92. The molecule has 0 bridgehead atoms. The molecule has 2 aliphatic rings. The van der Waals surface area contributed by atoms with Crippen molar-refractivity contribution in [3.8, 4) is 0 Å². The van der Waals surface area contributed by atoms with Crippen molar-refractivity contribution in [2.75, 3.05) is 18.6 Å². The Morgan fingerprint density at radius 1 is 1.28 bits per heavy atom. The molecule has 3 aromatic rings. The molecule has 29 heavy (non-hydrogen) atoms. The number of aromatic nitrogens is 5. The van der Waals surface area contributed by atoms with Crippen LogP contribution in [0.15, 0.2) is 28.9 Å². The van der Waals surface area contributed by atoms with E-state index in [1.54, 1.807) is 6.20 Å². The molecule has 1 aliphatic heterocycles. The van der Waals surface area contributed by atoms with Gasteiger partial charge in [-0.3, -0.25) is 10.00 Å². The van der Waals surface area contributed by atoms with Crippen LogP contribution in [0, 0.1) is 6.92 Å². The second-order valence-corrected chi connectivity index (χ2v) is 7.80. The molecule has 2 fully saturated rings. The van der Waals surface area contributed by atoms with Gasteiger partial charge in [-0.2, -0.15) is 5.10 Å². The Hall–Kier alpha value is -2.78. The highest BCUT2D eigenvalue weighted by molar-refractivity contribution is 5.50. The van der Waals surface area contributed by atoms with Gasteiger partial charge in [-0.25, -0.2) is 9.97 Å². The first-order valence-electron chi connectivity index (χ1n) is 10.1. The molecular formula is C20H25N7O2. The van der Waals surface area contributed by atoms with Gasteiger partial charge in [0, 0.05) is 36.5 Å². The number of ether oxygens (including phenoxy) is 1. The van der Waals surface area contributed by atoms with Crippen molar-refractivity contribution in [1.29, 1.82) is 0 Å². The second kappa shape index (κ2) is 7.92. The van der Waals surface area contributed by atoms with Gasteiger partial charge < -0.3 is 14.6 Å². The van der Waals surface area contributed by atoms with Gasteiger partial charge in [0.15, 0.2) is 17.4 Å². The fourth-order valence-electron chi connectivity index (χ4n) is 3.74. The summed E-state index contributed by atoms with van der Waals surface area (Å²) in [6.07, 6.45) is 6.39. The summed E-state index contributed by atoms with van der Waals surface area (Å²) in [6.45, 7) is 3.81. The predicted octanol–water partition coefficient (Wildman–Crippen LogP) is 3.43. The van der Waals surface area contributed by atoms with Crippen molar-refractivity contribution in [3.05, 3.63) is 47.4 Å². The minimum atomic E-state index is 0.242. The van der Waals surface area contributed by atoms with Crippen molar-refractivity contribution in [2.24, 2.45) is 0 Å². The van der Waals surface area contributed by atoms with Crippen LogP contribution in [-0.4, -0.2) is 43.5 Å². The van der Waals surface area contributed by atoms with E-state index in [0.29, 0.717) is 30.9 Å². The van der Waals surface area contributed by atoms with Crippen molar-refractivity contribution in [3.63, 3.8) is 0 Å². The molecule has 152 valence electrons. The lowest BCUT2D eigenvalue weighted by atomic mass is 10.1. The summed E-state index contributed by atoms with van der Waals surface area (Å²) in [6, 6.07) is 6.11. The lowest BCUT2D eigenvalue weighted by Gasteiger charge is -2.21. The minimum absolute atomic E-state index is 0.242. The molecule has 9 nitrogen and oxygen atoms in total. The number of likely N-dealkylation sites (tertiary alicyclic amines) is 1. The molecule has 1 saturated carbocycles. The van der Waals surface area contributed by atoms with Gasteiger partial charge in [0.05, 0.1) is 11.7 Å². The van der Waals surface area contributed by atoms with E-state index in [2.05, 4.69) is 41.6 Å². The quantitative estimate of drug-likeness (QED) is 0.598. The van der Waals surface area contributed by atoms with E-state index in [9.17, 15) is 0 Å². The van der Waals surface area contributed by atoms with Crippen molar-refractivity contribution < 1.29 is 9.26 Å². The molecule has 0 amide bonds. The van der Waals surface area contributed by atoms with E-state index >= 15 is 0 Å². The summed E-state index contributed by atoms with van der Waals surface area (Å²) in [4.78, 5) is 11.1. The van der Waals surface area contributed by atoms with Gasteiger partial charge in [-0.15, -0.1) is 0 Å². The molecule has 0 aromatic carbocycles. The van der Waals surface area contributed by atoms with E-state index < -0.39 is 0 Å². The predicted molar refractivity (Wildman–Crippen MR) is 105 cm³/mol. The van der Waals surface area contributed by atoms with Crippen LogP contribution in [-0.2, 0) is 11.3 Å². The Morgan fingerprint density at radius 3 is 3.03 bits per heavy atom. The molecule has 3 aromatic heterocycles. The third-order valence-corrected chi connectivity index (χ3v) is 5.39. The monoisotopic (exact) mass is 395 g/mol. The Kier molecular flexibility index (Phi) is 4.99. The number of rotatable bonds is 8. The number of nitrogens with zero attached hydrogens (tertiary/aromatic N) is 5. The lowest BCUT2D eigenvalue weighted by Crippen LogP contribution is -2.26. The van der Waals surface area contributed by atoms with Crippen LogP contribution in [0.25, 0.3) is 0 Å². The van der Waals surface area contributed by atoms with Gasteiger partial charge in [0.1, 0.15) is 19.2 Å². The maximum atomic E-state index is 5.92. The number of hydrogen-bond donors (Lipinski definition) is 2. The molecule has 0 spiro atoms. The maximum Gasteiger partial charge on any atom is 0.156 e. The summed E-state index contributed by atoms with van der Waals surface area (Å²) >= 11 is 0. The minimum Gasteiger partial charge on any atom is -0.359 e. The fraction of sp³-hybridized carbons (Fsp3) is 0.500. The molecule has 5 rings (SSSR count). The summed E-state index contributed by atoms with van der Waals surface area (Å²) in [7, 11) is 0. The third kappa shape index (κ3) is 4.30. The second-order valence-electron chi connectivity index (χ2n) is 7.80. The van der Waals surface area contributed by atoms with Crippen molar-refractivity contribution in [2.45, 2.75) is 51.2 Å². The van der Waals surface area contributed by atoms with Crippen molar-refractivity contribution in [1.82, 2.24) is 30.2 Å². The van der Waals surface area contributed by atoms with Crippen LogP contribution in [0.5, 0.6) is 0 Å². The summed E-state index contributed by atoms with van der Waals surface area (Å²) in [5.74, 6) is 3.63. The van der Waals surface area contributed by atoms with E-state index in [1.807, 2.05) is 19.1 Å². The molecule has 1 aliphatic carbocycles. The highest BCUT2D eigenvalue weighted by Crippen LogP contribution is 2.41. The van der Waals surface area contributed by atoms with Crippen molar-refractivity contribution >= 4 is 11.6 Å². The Balaban J connectivity index is 1.15. The summed E-state index contributed by atoms with van der Waals surface area (Å²) < 4.78 is 11.6. The van der Waals surface area contributed by atoms with E-state index in [-0.39, 0.29) is 6.04 Å². The largest absolute Gasteiger partial charge is 0.359 e. The summed E-state index contributed by atoms with van der Waals surface area (Å²) in [5, 5.41) is 14.5. The van der Waals surface area contributed by atoms with Crippen LogP contribution >= 0.6 is 0 Å². The first-order valence-corrected chi connectivity index (χ1v) is 10.1. The normalized spacial score (nSPS) is 19.7. The van der Waals surface area contributed by atoms with Gasteiger partial charge in [0.2, 0.25) is 0 Å². The fourth-order valence-corrected chi connectivity index (χ4v) is 3.74. The first-order chi connectivity index (χ1) is 14.2. The molecule has 1 saturated heterocycles. The number of H-pyrrole nitrogens is 1.